The van der Waals surface area contributed by atoms with Crippen LogP contribution < -0.4 is 10.6 Å². The van der Waals surface area contributed by atoms with Gasteiger partial charge in [-0.25, -0.2) is 0 Å². The molecule has 0 aliphatic heterocycles. The smallest absolute Gasteiger partial charge is 0.303 e. The van der Waals surface area contributed by atoms with Gasteiger partial charge >= 0.3 is 5.97 Å². The van der Waals surface area contributed by atoms with Crippen molar-refractivity contribution in [1.29, 1.82) is 0 Å². The number of aliphatic carboxylic acids is 1. The summed E-state index contributed by atoms with van der Waals surface area (Å²) in [7, 11) is 0. The number of carbonyl (C=O) groups excluding carboxylic acids is 1. The number of nitrogens with zero attached hydrogens (tertiary/aromatic N) is 1. The third-order valence-electron chi connectivity index (χ3n) is 3.52. The van der Waals surface area contributed by atoms with E-state index in [1.807, 2.05) is 37.3 Å². The van der Waals surface area contributed by atoms with E-state index in [2.05, 4.69) is 0 Å². The quantitative estimate of drug-likeness (QED) is 0.731. The molecule has 3 N–H and O–H groups in total. The Bertz CT molecular complexity index is 444. The van der Waals surface area contributed by atoms with Gasteiger partial charge in [0.05, 0.1) is 0 Å². The van der Waals surface area contributed by atoms with Crippen LogP contribution in [0.15, 0.2) is 30.3 Å². The molecule has 0 heterocycles. The number of carboxylic acid groups (broad SMARTS) is 1. The molecule has 1 amide bonds. The fraction of sp³-hybridized carbons (Fsp3) is 0.500. The van der Waals surface area contributed by atoms with Crippen molar-refractivity contribution in [3.8, 4) is 0 Å². The first-order valence-corrected chi connectivity index (χ1v) is 7.35. The lowest BCUT2D eigenvalue weighted by atomic mass is 10.0. The monoisotopic (exact) mass is 292 g/mol. The minimum Gasteiger partial charge on any atom is -0.481 e. The van der Waals surface area contributed by atoms with Crippen molar-refractivity contribution in [3.63, 3.8) is 0 Å². The Morgan fingerprint density at radius 2 is 1.95 bits per heavy atom. The number of nitrogens with two attached hydrogens (primary N) is 1. The molecule has 5 heteroatoms. The van der Waals surface area contributed by atoms with Crippen LogP contribution in [-0.2, 0) is 9.59 Å². The van der Waals surface area contributed by atoms with E-state index in [9.17, 15) is 9.59 Å². The molecule has 0 fully saturated rings. The number of amides is 1. The second-order valence-corrected chi connectivity index (χ2v) is 5.09. The fourth-order valence-electron chi connectivity index (χ4n) is 2.15. The number of hydrogen-bond donors (Lipinski definition) is 2. The number of anilines is 1. The van der Waals surface area contributed by atoms with Gasteiger partial charge in [-0.05, 0) is 31.0 Å². The first-order valence-electron chi connectivity index (χ1n) is 7.35. The zero-order valence-electron chi connectivity index (χ0n) is 12.5. The molecule has 1 unspecified atom stereocenters. The van der Waals surface area contributed by atoms with Crippen LogP contribution in [-0.4, -0.2) is 30.1 Å². The van der Waals surface area contributed by atoms with Crippen molar-refractivity contribution in [2.45, 2.75) is 32.6 Å². The van der Waals surface area contributed by atoms with Crippen LogP contribution >= 0.6 is 0 Å². The van der Waals surface area contributed by atoms with E-state index in [0.717, 1.165) is 12.1 Å². The zero-order valence-corrected chi connectivity index (χ0v) is 12.5. The summed E-state index contributed by atoms with van der Waals surface area (Å²) in [5.74, 6) is -0.670. The summed E-state index contributed by atoms with van der Waals surface area (Å²) in [6.07, 6.45) is 1.76. The van der Waals surface area contributed by atoms with Crippen molar-refractivity contribution >= 4 is 17.6 Å². The third-order valence-corrected chi connectivity index (χ3v) is 3.52. The Hall–Kier alpha value is -1.88. The molecule has 1 aromatic carbocycles. The first kappa shape index (κ1) is 17.2. The van der Waals surface area contributed by atoms with E-state index in [1.165, 1.54) is 0 Å². The molecule has 1 atom stereocenters. The summed E-state index contributed by atoms with van der Waals surface area (Å²) in [6, 6.07) is 9.35. The molecule has 0 bridgehead atoms. The Morgan fingerprint density at radius 1 is 1.29 bits per heavy atom. The summed E-state index contributed by atoms with van der Waals surface area (Å²) in [6.45, 7) is 2.91. The number of carbonyl (C=O) groups is 2. The van der Waals surface area contributed by atoms with Crippen molar-refractivity contribution in [3.05, 3.63) is 30.3 Å². The number of hydrogen-bond acceptors (Lipinski definition) is 3. The second kappa shape index (κ2) is 9.13. The van der Waals surface area contributed by atoms with E-state index in [1.54, 1.807) is 4.90 Å². The SMILES string of the molecule is CCC(CN)CC(=O)N(CCCC(=O)O)c1ccccc1. The molecule has 0 aromatic heterocycles. The maximum Gasteiger partial charge on any atom is 0.303 e. The van der Waals surface area contributed by atoms with Gasteiger partial charge in [0, 0.05) is 25.1 Å². The lowest BCUT2D eigenvalue weighted by Gasteiger charge is -2.24. The highest BCUT2D eigenvalue weighted by atomic mass is 16.4. The summed E-state index contributed by atoms with van der Waals surface area (Å²) < 4.78 is 0. The Balaban J connectivity index is 2.76. The average Bonchev–Trinajstić information content (AvgIpc) is 2.49. The van der Waals surface area contributed by atoms with Gasteiger partial charge < -0.3 is 15.7 Å². The molecule has 0 saturated heterocycles. The van der Waals surface area contributed by atoms with Crippen LogP contribution in [0.25, 0.3) is 0 Å². The minimum absolute atomic E-state index is 0.00360. The molecule has 1 rings (SSSR count). The molecule has 116 valence electrons. The molecule has 0 aliphatic rings. The maximum atomic E-state index is 12.5. The van der Waals surface area contributed by atoms with Gasteiger partial charge in [-0.15, -0.1) is 0 Å². The molecular weight excluding hydrogens is 268 g/mol. The highest BCUT2D eigenvalue weighted by Gasteiger charge is 2.19. The Labute approximate surface area is 125 Å². The Kier molecular flexibility index (Phi) is 7.46. The van der Waals surface area contributed by atoms with Crippen LogP contribution in [0.3, 0.4) is 0 Å². The van der Waals surface area contributed by atoms with Crippen LogP contribution in [0.2, 0.25) is 0 Å². The van der Waals surface area contributed by atoms with Crippen LogP contribution in [0.5, 0.6) is 0 Å². The topological polar surface area (TPSA) is 83.6 Å². The molecule has 0 aliphatic carbocycles. The molecule has 5 nitrogen and oxygen atoms in total. The molecule has 0 spiro atoms. The van der Waals surface area contributed by atoms with Gasteiger partial charge in [0.25, 0.3) is 0 Å². The predicted molar refractivity (Wildman–Crippen MR) is 83.1 cm³/mol. The van der Waals surface area contributed by atoms with Crippen molar-refractivity contribution in [1.82, 2.24) is 0 Å². The number of rotatable bonds is 9. The van der Waals surface area contributed by atoms with E-state index in [4.69, 9.17) is 10.8 Å². The van der Waals surface area contributed by atoms with E-state index in [0.29, 0.717) is 25.9 Å². The third kappa shape index (κ3) is 5.95. The fourth-order valence-corrected chi connectivity index (χ4v) is 2.15. The average molecular weight is 292 g/mol. The van der Waals surface area contributed by atoms with E-state index >= 15 is 0 Å². The second-order valence-electron chi connectivity index (χ2n) is 5.09. The molecule has 0 saturated carbocycles. The maximum absolute atomic E-state index is 12.5. The summed E-state index contributed by atoms with van der Waals surface area (Å²) in [4.78, 5) is 24.8. The van der Waals surface area contributed by atoms with Crippen molar-refractivity contribution in [2.24, 2.45) is 11.7 Å². The largest absolute Gasteiger partial charge is 0.481 e. The van der Waals surface area contributed by atoms with Gasteiger partial charge in [-0.1, -0.05) is 31.5 Å². The number of benzene rings is 1. The molecule has 21 heavy (non-hydrogen) atoms. The standard InChI is InChI=1S/C16H24N2O3/c1-2-13(12-17)11-15(19)18(10-6-9-16(20)21)14-7-4-3-5-8-14/h3-5,7-8,13H,2,6,9-12,17H2,1H3,(H,20,21). The number of carboxylic acids is 1. The van der Waals surface area contributed by atoms with E-state index < -0.39 is 5.97 Å². The van der Waals surface area contributed by atoms with Gasteiger partial charge in [0.15, 0.2) is 0 Å². The lowest BCUT2D eigenvalue weighted by Crippen LogP contribution is -2.34. The van der Waals surface area contributed by atoms with Crippen molar-refractivity contribution in [2.75, 3.05) is 18.0 Å². The first-order chi connectivity index (χ1) is 10.1. The van der Waals surface area contributed by atoms with Crippen LogP contribution in [0.4, 0.5) is 5.69 Å². The van der Waals surface area contributed by atoms with E-state index in [-0.39, 0.29) is 18.2 Å². The predicted octanol–water partition coefficient (Wildman–Crippen LogP) is 2.26. The van der Waals surface area contributed by atoms with Gasteiger partial charge in [-0.3, -0.25) is 9.59 Å². The highest BCUT2D eigenvalue weighted by Crippen LogP contribution is 2.18. The van der Waals surface area contributed by atoms with Gasteiger partial charge in [-0.2, -0.15) is 0 Å². The highest BCUT2D eigenvalue weighted by molar-refractivity contribution is 5.93. The van der Waals surface area contributed by atoms with Crippen molar-refractivity contribution < 1.29 is 14.7 Å². The summed E-state index contributed by atoms with van der Waals surface area (Å²) in [5.41, 5.74) is 6.47. The zero-order chi connectivity index (χ0) is 15.7. The normalized spacial score (nSPS) is 11.9. The summed E-state index contributed by atoms with van der Waals surface area (Å²) in [5, 5.41) is 8.74. The molecule has 1 aromatic rings. The Morgan fingerprint density at radius 3 is 2.48 bits per heavy atom. The minimum atomic E-state index is -0.844. The number of para-hydroxylation sites is 1. The van der Waals surface area contributed by atoms with Crippen LogP contribution in [0, 0.1) is 5.92 Å². The van der Waals surface area contributed by atoms with Gasteiger partial charge in [0.1, 0.15) is 0 Å². The molecular formula is C16H24N2O3. The molecule has 0 radical (unpaired) electrons. The summed E-state index contributed by atoms with van der Waals surface area (Å²) >= 11 is 0. The van der Waals surface area contributed by atoms with Crippen LogP contribution in [0.1, 0.15) is 32.6 Å². The lowest BCUT2D eigenvalue weighted by molar-refractivity contribution is -0.137. The van der Waals surface area contributed by atoms with Gasteiger partial charge in [0.2, 0.25) is 5.91 Å².